The van der Waals surface area contributed by atoms with Crippen LogP contribution in [0.4, 0.5) is 8.78 Å². The second-order valence-electron chi connectivity index (χ2n) is 7.49. The highest BCUT2D eigenvalue weighted by Gasteiger charge is 2.19. The van der Waals surface area contributed by atoms with Gasteiger partial charge in [-0.3, -0.25) is 4.79 Å². The highest BCUT2D eigenvalue weighted by Crippen LogP contribution is 2.14. The van der Waals surface area contributed by atoms with Crippen molar-refractivity contribution in [3.8, 4) is 0 Å². The topological polar surface area (TPSA) is 38.1 Å². The average Bonchev–Trinajstić information content (AvgIpc) is 2.96. The number of hydrogen-bond acceptors (Lipinski definition) is 2. The standard InChI is InChI=1S/C20H27F2N3O/c1-14(2)9-20(26)25(11-15(3)4)13-19-23-7-8-24(19)12-16-5-6-17(21)18(22)10-16/h5-8,10,14-15H,9,11-13H2,1-4H3. The van der Waals surface area contributed by atoms with E-state index in [9.17, 15) is 13.6 Å². The van der Waals surface area contributed by atoms with Gasteiger partial charge in [0.2, 0.25) is 5.91 Å². The number of aromatic nitrogens is 2. The Labute approximate surface area is 153 Å². The fraction of sp³-hybridized carbons (Fsp3) is 0.500. The van der Waals surface area contributed by atoms with Crippen LogP contribution in [0, 0.1) is 23.5 Å². The Morgan fingerprint density at radius 1 is 1.15 bits per heavy atom. The van der Waals surface area contributed by atoms with E-state index in [4.69, 9.17) is 0 Å². The zero-order chi connectivity index (χ0) is 19.3. The summed E-state index contributed by atoms with van der Waals surface area (Å²) in [4.78, 5) is 18.8. The fourth-order valence-corrected chi connectivity index (χ4v) is 2.81. The minimum atomic E-state index is -0.863. The molecule has 0 N–H and O–H groups in total. The number of benzene rings is 1. The SMILES string of the molecule is CC(C)CC(=O)N(Cc1nccn1Cc1ccc(F)c(F)c1)CC(C)C. The van der Waals surface area contributed by atoms with Gasteiger partial charge in [-0.05, 0) is 29.5 Å². The van der Waals surface area contributed by atoms with Crippen LogP contribution >= 0.6 is 0 Å². The van der Waals surface area contributed by atoms with Gasteiger partial charge < -0.3 is 9.47 Å². The lowest BCUT2D eigenvalue weighted by atomic mass is 10.1. The van der Waals surface area contributed by atoms with E-state index in [1.54, 1.807) is 18.5 Å². The highest BCUT2D eigenvalue weighted by atomic mass is 19.2. The molecule has 26 heavy (non-hydrogen) atoms. The second-order valence-corrected chi connectivity index (χ2v) is 7.49. The summed E-state index contributed by atoms with van der Waals surface area (Å²) in [7, 11) is 0. The van der Waals surface area contributed by atoms with Crippen molar-refractivity contribution >= 4 is 5.91 Å². The zero-order valence-corrected chi connectivity index (χ0v) is 15.9. The summed E-state index contributed by atoms with van der Waals surface area (Å²) in [6.45, 7) is 9.63. The van der Waals surface area contributed by atoms with Gasteiger partial charge in [-0.2, -0.15) is 0 Å². The minimum absolute atomic E-state index is 0.107. The molecule has 0 saturated carbocycles. The fourth-order valence-electron chi connectivity index (χ4n) is 2.81. The number of carbonyl (C=O) groups excluding carboxylic acids is 1. The van der Waals surface area contributed by atoms with E-state index in [0.717, 1.165) is 11.9 Å². The van der Waals surface area contributed by atoms with Crippen molar-refractivity contribution in [2.24, 2.45) is 11.8 Å². The molecule has 0 aliphatic carbocycles. The second kappa shape index (κ2) is 8.92. The maximum absolute atomic E-state index is 13.4. The molecule has 1 aromatic heterocycles. The molecule has 0 saturated heterocycles. The lowest BCUT2D eigenvalue weighted by Gasteiger charge is -2.25. The summed E-state index contributed by atoms with van der Waals surface area (Å²) < 4.78 is 28.4. The molecule has 0 bridgehead atoms. The van der Waals surface area contributed by atoms with Gasteiger partial charge in [-0.1, -0.05) is 33.8 Å². The van der Waals surface area contributed by atoms with E-state index in [1.807, 2.05) is 23.3 Å². The Morgan fingerprint density at radius 3 is 2.50 bits per heavy atom. The molecule has 0 aliphatic rings. The quantitative estimate of drug-likeness (QED) is 0.704. The first-order chi connectivity index (χ1) is 12.3. The van der Waals surface area contributed by atoms with E-state index < -0.39 is 11.6 Å². The van der Waals surface area contributed by atoms with Crippen LogP contribution in [0.1, 0.15) is 45.5 Å². The van der Waals surface area contributed by atoms with Crippen LogP contribution in [0.3, 0.4) is 0 Å². The molecular weight excluding hydrogens is 336 g/mol. The van der Waals surface area contributed by atoms with Crippen LogP contribution in [0.2, 0.25) is 0 Å². The Balaban J connectivity index is 2.15. The number of hydrogen-bond donors (Lipinski definition) is 0. The van der Waals surface area contributed by atoms with Crippen molar-refractivity contribution in [1.82, 2.24) is 14.5 Å². The first-order valence-corrected chi connectivity index (χ1v) is 8.98. The molecule has 6 heteroatoms. The van der Waals surface area contributed by atoms with Crippen LogP contribution in [-0.4, -0.2) is 26.9 Å². The predicted octanol–water partition coefficient (Wildman–Crippen LogP) is 4.24. The van der Waals surface area contributed by atoms with Crippen molar-refractivity contribution in [2.45, 2.75) is 47.2 Å². The Bertz CT molecular complexity index is 740. The maximum Gasteiger partial charge on any atom is 0.223 e. The third-order valence-corrected chi connectivity index (χ3v) is 3.99. The summed E-state index contributed by atoms with van der Waals surface area (Å²) in [5.74, 6) is -0.247. The summed E-state index contributed by atoms with van der Waals surface area (Å²) in [6.07, 6.45) is 3.95. The molecule has 0 radical (unpaired) electrons. The molecule has 0 fully saturated rings. The highest BCUT2D eigenvalue weighted by molar-refractivity contribution is 5.76. The van der Waals surface area contributed by atoms with Crippen molar-refractivity contribution in [3.63, 3.8) is 0 Å². The molecular formula is C20H27F2N3O. The van der Waals surface area contributed by atoms with Gasteiger partial charge in [0.05, 0.1) is 6.54 Å². The largest absolute Gasteiger partial charge is 0.335 e. The van der Waals surface area contributed by atoms with E-state index in [1.165, 1.54) is 6.07 Å². The van der Waals surface area contributed by atoms with E-state index in [2.05, 4.69) is 18.8 Å². The molecule has 0 aliphatic heterocycles. The average molecular weight is 363 g/mol. The molecule has 0 atom stereocenters. The van der Waals surface area contributed by atoms with Crippen molar-refractivity contribution in [3.05, 3.63) is 53.6 Å². The van der Waals surface area contributed by atoms with E-state index >= 15 is 0 Å². The lowest BCUT2D eigenvalue weighted by Crippen LogP contribution is -2.35. The predicted molar refractivity (Wildman–Crippen MR) is 97.4 cm³/mol. The first-order valence-electron chi connectivity index (χ1n) is 8.98. The number of halogens is 2. The Morgan fingerprint density at radius 2 is 1.88 bits per heavy atom. The zero-order valence-electron chi connectivity index (χ0n) is 15.9. The van der Waals surface area contributed by atoms with Gasteiger partial charge in [0.1, 0.15) is 5.82 Å². The lowest BCUT2D eigenvalue weighted by molar-refractivity contribution is -0.133. The van der Waals surface area contributed by atoms with Crippen LogP contribution in [0.25, 0.3) is 0 Å². The van der Waals surface area contributed by atoms with Crippen molar-refractivity contribution < 1.29 is 13.6 Å². The van der Waals surface area contributed by atoms with Crippen LogP contribution in [0.5, 0.6) is 0 Å². The summed E-state index contributed by atoms with van der Waals surface area (Å²) in [6, 6.07) is 3.87. The number of amides is 1. The normalized spacial score (nSPS) is 11.4. The number of nitrogens with zero attached hydrogens (tertiary/aromatic N) is 3. The van der Waals surface area contributed by atoms with Gasteiger partial charge in [0.15, 0.2) is 11.6 Å². The van der Waals surface area contributed by atoms with Crippen LogP contribution < -0.4 is 0 Å². The van der Waals surface area contributed by atoms with Crippen LogP contribution in [0.15, 0.2) is 30.6 Å². The van der Waals surface area contributed by atoms with Crippen molar-refractivity contribution in [2.75, 3.05) is 6.54 Å². The van der Waals surface area contributed by atoms with Gasteiger partial charge in [-0.25, -0.2) is 13.8 Å². The number of carbonyl (C=O) groups is 1. The monoisotopic (exact) mass is 363 g/mol. The molecule has 4 nitrogen and oxygen atoms in total. The molecule has 0 unspecified atom stereocenters. The summed E-state index contributed by atoms with van der Waals surface area (Å²) >= 11 is 0. The molecule has 1 aromatic carbocycles. The Kier molecular flexibility index (Phi) is 6.89. The molecule has 0 spiro atoms. The molecule has 2 aromatic rings. The number of rotatable bonds is 8. The van der Waals surface area contributed by atoms with Crippen molar-refractivity contribution in [1.29, 1.82) is 0 Å². The summed E-state index contributed by atoms with van der Waals surface area (Å²) in [5.41, 5.74) is 0.645. The molecule has 142 valence electrons. The van der Waals surface area contributed by atoms with E-state index in [0.29, 0.717) is 43.5 Å². The van der Waals surface area contributed by atoms with E-state index in [-0.39, 0.29) is 5.91 Å². The smallest absolute Gasteiger partial charge is 0.223 e. The summed E-state index contributed by atoms with van der Waals surface area (Å²) in [5, 5.41) is 0. The van der Waals surface area contributed by atoms with Gasteiger partial charge in [0, 0.05) is 31.9 Å². The molecule has 1 amide bonds. The maximum atomic E-state index is 13.4. The molecule has 1 heterocycles. The third kappa shape index (κ3) is 5.64. The van der Waals surface area contributed by atoms with Gasteiger partial charge >= 0.3 is 0 Å². The first kappa shape index (κ1) is 20.1. The number of imidazole rings is 1. The molecule has 2 rings (SSSR count). The van der Waals surface area contributed by atoms with Gasteiger partial charge in [-0.15, -0.1) is 0 Å². The van der Waals surface area contributed by atoms with Crippen LogP contribution in [-0.2, 0) is 17.9 Å². The third-order valence-electron chi connectivity index (χ3n) is 3.99. The van der Waals surface area contributed by atoms with Gasteiger partial charge in [0.25, 0.3) is 0 Å². The minimum Gasteiger partial charge on any atom is -0.335 e. The Hall–Kier alpha value is -2.24.